The van der Waals surface area contributed by atoms with Gasteiger partial charge in [0.25, 0.3) is 0 Å². The highest BCUT2D eigenvalue weighted by Crippen LogP contribution is 2.27. The lowest BCUT2D eigenvalue weighted by molar-refractivity contribution is 0.106. The van der Waals surface area contributed by atoms with E-state index in [1.807, 2.05) is 25.1 Å². The molecule has 2 unspecified atom stereocenters. The van der Waals surface area contributed by atoms with Gasteiger partial charge in [0.15, 0.2) is 0 Å². The molecule has 1 rings (SSSR count). The molecular weight excluding hydrogens is 322 g/mol. The Morgan fingerprint density at radius 1 is 1.27 bits per heavy atom. The Labute approximate surface area is 108 Å². The Kier molecular flexibility index (Phi) is 5.09. The quantitative estimate of drug-likeness (QED) is 0.895. The average molecular weight is 337 g/mol. The molecule has 0 aromatic heterocycles. The highest BCUT2D eigenvalue weighted by molar-refractivity contribution is 9.11. The van der Waals surface area contributed by atoms with E-state index in [-0.39, 0.29) is 12.1 Å². The molecular formula is C11H15Br2NO. The van der Waals surface area contributed by atoms with E-state index in [0.29, 0.717) is 0 Å². The third kappa shape index (κ3) is 3.78. The van der Waals surface area contributed by atoms with Gasteiger partial charge >= 0.3 is 0 Å². The second-order valence-electron chi connectivity index (χ2n) is 3.50. The molecule has 0 fully saturated rings. The lowest BCUT2D eigenvalue weighted by Gasteiger charge is -2.21. The van der Waals surface area contributed by atoms with E-state index >= 15 is 0 Å². The molecule has 1 aromatic carbocycles. The van der Waals surface area contributed by atoms with E-state index < -0.39 is 0 Å². The molecule has 0 spiro atoms. The Balaban J connectivity index is 2.72. The van der Waals surface area contributed by atoms with Gasteiger partial charge in [0.05, 0.1) is 6.10 Å². The van der Waals surface area contributed by atoms with Crippen molar-refractivity contribution in [3.63, 3.8) is 0 Å². The summed E-state index contributed by atoms with van der Waals surface area (Å²) in [6, 6.07) is 6.34. The molecule has 4 heteroatoms. The first-order chi connectivity index (χ1) is 7.04. The van der Waals surface area contributed by atoms with Gasteiger partial charge in [-0.3, -0.25) is 0 Å². The summed E-state index contributed by atoms with van der Waals surface area (Å²) in [7, 11) is 1.72. The molecule has 0 bridgehead atoms. The van der Waals surface area contributed by atoms with E-state index in [1.54, 1.807) is 7.11 Å². The van der Waals surface area contributed by atoms with E-state index in [4.69, 9.17) is 4.74 Å². The summed E-state index contributed by atoms with van der Waals surface area (Å²) in [5.41, 5.74) is 1.08. The van der Waals surface area contributed by atoms with Crippen molar-refractivity contribution < 1.29 is 4.74 Å². The Bertz CT molecular complexity index is 330. The van der Waals surface area contributed by atoms with Crippen LogP contribution in [-0.2, 0) is 4.74 Å². The highest BCUT2D eigenvalue weighted by Gasteiger charge is 2.11. The maximum atomic E-state index is 5.26. The predicted octanol–water partition coefficient (Wildman–Crippen LogP) is 4.05. The zero-order valence-electron chi connectivity index (χ0n) is 9.05. The number of ether oxygens (including phenoxy) is 1. The van der Waals surface area contributed by atoms with Crippen LogP contribution in [0.15, 0.2) is 27.1 Å². The molecule has 0 aliphatic heterocycles. The molecule has 15 heavy (non-hydrogen) atoms. The van der Waals surface area contributed by atoms with Crippen LogP contribution in [0.25, 0.3) is 0 Å². The number of benzene rings is 1. The first-order valence-electron chi connectivity index (χ1n) is 4.79. The summed E-state index contributed by atoms with van der Waals surface area (Å²) >= 11 is 6.94. The van der Waals surface area contributed by atoms with Crippen molar-refractivity contribution >= 4 is 37.5 Å². The van der Waals surface area contributed by atoms with Crippen molar-refractivity contribution in [3.8, 4) is 0 Å². The second kappa shape index (κ2) is 5.87. The molecule has 0 heterocycles. The molecule has 84 valence electrons. The van der Waals surface area contributed by atoms with Crippen LogP contribution in [0.2, 0.25) is 0 Å². The molecule has 0 saturated heterocycles. The maximum absolute atomic E-state index is 5.26. The van der Waals surface area contributed by atoms with E-state index in [9.17, 15) is 0 Å². The van der Waals surface area contributed by atoms with Crippen molar-refractivity contribution in [3.05, 3.63) is 27.1 Å². The van der Waals surface area contributed by atoms with E-state index in [1.165, 1.54) is 0 Å². The molecule has 1 aromatic rings. The number of nitrogens with one attached hydrogen (secondary N) is 1. The third-order valence-electron chi connectivity index (χ3n) is 2.39. The van der Waals surface area contributed by atoms with E-state index in [2.05, 4.69) is 44.1 Å². The molecule has 0 aliphatic carbocycles. The summed E-state index contributed by atoms with van der Waals surface area (Å²) in [6.45, 7) is 4.15. The van der Waals surface area contributed by atoms with E-state index in [0.717, 1.165) is 14.6 Å². The highest BCUT2D eigenvalue weighted by atomic mass is 79.9. The minimum atomic E-state index is 0.181. The lowest BCUT2D eigenvalue weighted by Crippen LogP contribution is -2.29. The Morgan fingerprint density at radius 3 is 2.47 bits per heavy atom. The van der Waals surface area contributed by atoms with Gasteiger partial charge in [-0.05, 0) is 48.0 Å². The van der Waals surface area contributed by atoms with Crippen molar-refractivity contribution in [2.45, 2.75) is 26.0 Å². The second-order valence-corrected chi connectivity index (χ2v) is 5.27. The van der Waals surface area contributed by atoms with Crippen LogP contribution in [0.5, 0.6) is 0 Å². The van der Waals surface area contributed by atoms with Gasteiger partial charge in [0.1, 0.15) is 0 Å². The molecule has 0 radical (unpaired) electrons. The number of halogens is 2. The number of hydrogen-bond donors (Lipinski definition) is 1. The molecule has 2 atom stereocenters. The van der Waals surface area contributed by atoms with Gasteiger partial charge < -0.3 is 10.1 Å². The van der Waals surface area contributed by atoms with Gasteiger partial charge in [-0.2, -0.15) is 0 Å². The first-order valence-corrected chi connectivity index (χ1v) is 6.37. The predicted molar refractivity (Wildman–Crippen MR) is 71.4 cm³/mol. The standard InChI is InChI=1S/C11H15Br2NO/c1-7(8(2)15-3)14-11-5-4-9(12)6-10(11)13/h4-8,14H,1-3H3. The minimum absolute atomic E-state index is 0.181. The van der Waals surface area contributed by atoms with Gasteiger partial charge in [-0.1, -0.05) is 15.9 Å². The molecule has 2 nitrogen and oxygen atoms in total. The van der Waals surface area contributed by atoms with Crippen LogP contribution in [-0.4, -0.2) is 19.3 Å². The van der Waals surface area contributed by atoms with Crippen LogP contribution in [0.4, 0.5) is 5.69 Å². The minimum Gasteiger partial charge on any atom is -0.380 e. The average Bonchev–Trinajstić information content (AvgIpc) is 2.20. The number of rotatable bonds is 4. The summed E-state index contributed by atoms with van der Waals surface area (Å²) in [4.78, 5) is 0. The lowest BCUT2D eigenvalue weighted by atomic mass is 10.2. The zero-order chi connectivity index (χ0) is 11.4. The van der Waals surface area contributed by atoms with Crippen LogP contribution in [0, 0.1) is 0 Å². The fourth-order valence-electron chi connectivity index (χ4n) is 1.17. The summed E-state index contributed by atoms with van der Waals surface area (Å²) in [6.07, 6.45) is 0.181. The third-order valence-corrected chi connectivity index (χ3v) is 3.54. The van der Waals surface area contributed by atoms with Crippen LogP contribution < -0.4 is 5.32 Å². The number of hydrogen-bond acceptors (Lipinski definition) is 2. The summed E-state index contributed by atoms with van der Waals surface area (Å²) < 4.78 is 7.37. The first kappa shape index (κ1) is 13.0. The number of methoxy groups -OCH3 is 1. The molecule has 0 saturated carbocycles. The molecule has 1 N–H and O–H groups in total. The van der Waals surface area contributed by atoms with Gasteiger partial charge in [0, 0.05) is 27.8 Å². The SMILES string of the molecule is COC(C)C(C)Nc1ccc(Br)cc1Br. The fraction of sp³-hybridized carbons (Fsp3) is 0.455. The topological polar surface area (TPSA) is 21.3 Å². The molecule has 0 amide bonds. The smallest absolute Gasteiger partial charge is 0.0741 e. The Morgan fingerprint density at radius 2 is 1.93 bits per heavy atom. The van der Waals surface area contributed by atoms with Gasteiger partial charge in [-0.25, -0.2) is 0 Å². The van der Waals surface area contributed by atoms with Crippen LogP contribution in [0.3, 0.4) is 0 Å². The summed E-state index contributed by atoms with van der Waals surface area (Å²) in [5, 5.41) is 3.40. The molecule has 0 aliphatic rings. The number of anilines is 1. The normalized spacial score (nSPS) is 14.7. The monoisotopic (exact) mass is 335 g/mol. The van der Waals surface area contributed by atoms with Crippen molar-refractivity contribution in [2.24, 2.45) is 0 Å². The van der Waals surface area contributed by atoms with Gasteiger partial charge in [-0.15, -0.1) is 0 Å². The van der Waals surface area contributed by atoms with Crippen molar-refractivity contribution in [2.75, 3.05) is 12.4 Å². The van der Waals surface area contributed by atoms with Crippen LogP contribution in [0.1, 0.15) is 13.8 Å². The maximum Gasteiger partial charge on any atom is 0.0741 e. The zero-order valence-corrected chi connectivity index (χ0v) is 12.2. The van der Waals surface area contributed by atoms with Crippen molar-refractivity contribution in [1.82, 2.24) is 0 Å². The largest absolute Gasteiger partial charge is 0.380 e. The fourth-order valence-corrected chi connectivity index (χ4v) is 2.33. The van der Waals surface area contributed by atoms with Crippen LogP contribution >= 0.6 is 31.9 Å². The summed E-state index contributed by atoms with van der Waals surface area (Å²) in [5.74, 6) is 0. The van der Waals surface area contributed by atoms with Crippen molar-refractivity contribution in [1.29, 1.82) is 0 Å². The van der Waals surface area contributed by atoms with Gasteiger partial charge in [0.2, 0.25) is 0 Å². The Hall–Kier alpha value is -0.0600.